The Kier molecular flexibility index (Phi) is 6.28. The standard InChI is InChI=1S/C17H16N2O4S2/c1-17(11-18,25-16(24)12-5-3-2-4-6-12)10-9-15(22)23-19-13(20)7-8-14(19)21/h2-6H,7-10H2,1H3/t17-/m0/s1. The van der Waals surface area contributed by atoms with E-state index in [0.717, 1.165) is 5.56 Å². The molecule has 0 aromatic heterocycles. The molecule has 0 spiro atoms. The highest BCUT2D eigenvalue weighted by Gasteiger charge is 2.34. The van der Waals surface area contributed by atoms with Crippen LogP contribution >= 0.6 is 24.0 Å². The van der Waals surface area contributed by atoms with Gasteiger partial charge in [-0.05, 0) is 18.9 Å². The first kappa shape index (κ1) is 19.1. The van der Waals surface area contributed by atoms with E-state index in [1.165, 1.54) is 11.8 Å². The Bertz CT molecular complexity index is 729. The van der Waals surface area contributed by atoms with Crippen LogP contribution in [0.3, 0.4) is 0 Å². The van der Waals surface area contributed by atoms with Crippen LogP contribution in [0.4, 0.5) is 0 Å². The van der Waals surface area contributed by atoms with E-state index in [9.17, 15) is 19.6 Å². The number of thioether (sulfide) groups is 1. The van der Waals surface area contributed by atoms with E-state index in [2.05, 4.69) is 6.07 Å². The molecule has 25 heavy (non-hydrogen) atoms. The van der Waals surface area contributed by atoms with E-state index in [1.54, 1.807) is 6.92 Å². The van der Waals surface area contributed by atoms with Crippen LogP contribution in [0.15, 0.2) is 30.3 Å². The van der Waals surface area contributed by atoms with Crippen molar-refractivity contribution in [2.75, 3.05) is 0 Å². The van der Waals surface area contributed by atoms with Crippen LogP contribution in [0, 0.1) is 11.3 Å². The third kappa shape index (κ3) is 5.11. The first-order chi connectivity index (χ1) is 11.8. The summed E-state index contributed by atoms with van der Waals surface area (Å²) < 4.78 is -0.367. The second kappa shape index (κ2) is 8.23. The molecule has 1 atom stereocenters. The summed E-state index contributed by atoms with van der Waals surface area (Å²) in [4.78, 5) is 39.6. The number of amides is 2. The van der Waals surface area contributed by atoms with Gasteiger partial charge in [0, 0.05) is 12.8 Å². The molecule has 2 amide bonds. The fourth-order valence-electron chi connectivity index (χ4n) is 2.11. The molecule has 8 heteroatoms. The summed E-state index contributed by atoms with van der Waals surface area (Å²) in [5.41, 5.74) is 0.833. The van der Waals surface area contributed by atoms with Gasteiger partial charge in [0.05, 0.1) is 16.7 Å². The molecule has 1 aromatic carbocycles. The van der Waals surface area contributed by atoms with Gasteiger partial charge in [0.1, 0.15) is 4.75 Å². The Balaban J connectivity index is 1.91. The highest BCUT2D eigenvalue weighted by Crippen LogP contribution is 2.33. The summed E-state index contributed by atoms with van der Waals surface area (Å²) in [5.74, 6) is -1.78. The second-order valence-corrected chi connectivity index (χ2v) is 7.82. The summed E-state index contributed by atoms with van der Waals surface area (Å²) in [5, 5.41) is 9.97. The molecule has 1 aliphatic rings. The first-order valence-corrected chi connectivity index (χ1v) is 8.83. The third-order valence-electron chi connectivity index (χ3n) is 3.57. The fourth-order valence-corrected chi connectivity index (χ4v) is 3.71. The lowest BCUT2D eigenvalue weighted by atomic mass is 10.1. The number of nitriles is 1. The fraction of sp³-hybridized carbons (Fsp3) is 0.353. The van der Waals surface area contributed by atoms with Gasteiger partial charge in [-0.1, -0.05) is 54.3 Å². The van der Waals surface area contributed by atoms with Crippen molar-refractivity contribution in [2.24, 2.45) is 0 Å². The van der Waals surface area contributed by atoms with Crippen LogP contribution in [0.2, 0.25) is 0 Å². The molecule has 1 aliphatic heterocycles. The average molecular weight is 376 g/mol. The van der Waals surface area contributed by atoms with Crippen molar-refractivity contribution in [1.82, 2.24) is 5.06 Å². The lowest BCUT2D eigenvalue weighted by Gasteiger charge is -2.21. The normalized spacial score (nSPS) is 16.2. The molecule has 1 aromatic rings. The number of carbonyl (C=O) groups excluding carboxylic acids is 3. The van der Waals surface area contributed by atoms with Crippen LogP contribution in [-0.2, 0) is 19.2 Å². The van der Waals surface area contributed by atoms with Gasteiger partial charge in [0.15, 0.2) is 0 Å². The molecule has 0 radical (unpaired) electrons. The zero-order chi connectivity index (χ0) is 18.4. The van der Waals surface area contributed by atoms with E-state index in [0.29, 0.717) is 9.26 Å². The summed E-state index contributed by atoms with van der Waals surface area (Å²) in [7, 11) is 0. The average Bonchev–Trinajstić information content (AvgIpc) is 2.92. The second-order valence-electron chi connectivity index (χ2n) is 5.64. The Morgan fingerprint density at radius 1 is 1.32 bits per heavy atom. The number of hydroxylamine groups is 2. The quantitative estimate of drug-likeness (QED) is 0.557. The number of nitrogens with zero attached hydrogens (tertiary/aromatic N) is 2. The molecule has 0 unspecified atom stereocenters. The molecule has 0 aliphatic carbocycles. The Hall–Kier alpha value is -2.24. The van der Waals surface area contributed by atoms with Crippen molar-refractivity contribution in [3.8, 4) is 6.07 Å². The number of thiocarbonyl (C=S) groups is 1. The smallest absolute Gasteiger partial charge is 0.330 e. The number of carbonyl (C=O) groups is 3. The number of imide groups is 1. The minimum Gasteiger partial charge on any atom is -0.330 e. The maximum absolute atomic E-state index is 11.9. The number of benzene rings is 1. The molecule has 0 N–H and O–H groups in total. The largest absolute Gasteiger partial charge is 0.333 e. The number of rotatable bonds is 6. The highest BCUT2D eigenvalue weighted by atomic mass is 32.2. The van der Waals surface area contributed by atoms with Crippen molar-refractivity contribution in [3.63, 3.8) is 0 Å². The van der Waals surface area contributed by atoms with Crippen LogP contribution < -0.4 is 0 Å². The molecule has 130 valence electrons. The summed E-state index contributed by atoms with van der Waals surface area (Å²) >= 11 is 6.56. The van der Waals surface area contributed by atoms with Crippen LogP contribution in [-0.4, -0.2) is 31.8 Å². The predicted octanol–water partition coefficient (Wildman–Crippen LogP) is 2.76. The predicted molar refractivity (Wildman–Crippen MR) is 96.2 cm³/mol. The highest BCUT2D eigenvalue weighted by molar-refractivity contribution is 8.24. The molecule has 0 bridgehead atoms. The van der Waals surface area contributed by atoms with Crippen LogP contribution in [0.25, 0.3) is 0 Å². The molecule has 1 heterocycles. The molecule has 1 fully saturated rings. The molecule has 1 saturated heterocycles. The third-order valence-corrected chi connectivity index (χ3v) is 5.22. The van der Waals surface area contributed by atoms with Gasteiger partial charge in [-0.3, -0.25) is 9.59 Å². The maximum atomic E-state index is 11.9. The van der Waals surface area contributed by atoms with Crippen molar-refractivity contribution < 1.29 is 19.2 Å². The molecule has 2 rings (SSSR count). The monoisotopic (exact) mass is 376 g/mol. The summed E-state index contributed by atoms with van der Waals surface area (Å²) in [6.45, 7) is 1.69. The van der Waals surface area contributed by atoms with Crippen molar-refractivity contribution >= 4 is 46.0 Å². The molecular formula is C17H16N2O4S2. The zero-order valence-corrected chi connectivity index (χ0v) is 15.2. The minimum atomic E-state index is -0.926. The van der Waals surface area contributed by atoms with Gasteiger partial charge in [-0.25, -0.2) is 4.79 Å². The molecule has 0 saturated carbocycles. The van der Waals surface area contributed by atoms with Crippen molar-refractivity contribution in [3.05, 3.63) is 35.9 Å². The van der Waals surface area contributed by atoms with E-state index < -0.39 is 22.5 Å². The van der Waals surface area contributed by atoms with Gasteiger partial charge in [0.25, 0.3) is 11.8 Å². The van der Waals surface area contributed by atoms with Gasteiger partial charge in [-0.15, -0.1) is 5.06 Å². The van der Waals surface area contributed by atoms with E-state index in [4.69, 9.17) is 17.1 Å². The van der Waals surface area contributed by atoms with E-state index >= 15 is 0 Å². The maximum Gasteiger partial charge on any atom is 0.333 e. The topological polar surface area (TPSA) is 87.5 Å². The Morgan fingerprint density at radius 2 is 1.92 bits per heavy atom. The van der Waals surface area contributed by atoms with Crippen molar-refractivity contribution in [2.45, 2.75) is 37.4 Å². The van der Waals surface area contributed by atoms with E-state index in [-0.39, 0.29) is 25.7 Å². The lowest BCUT2D eigenvalue weighted by molar-refractivity contribution is -0.197. The number of hydrogen-bond acceptors (Lipinski definition) is 7. The molecule has 6 nitrogen and oxygen atoms in total. The lowest BCUT2D eigenvalue weighted by Crippen LogP contribution is -2.32. The molecular weight excluding hydrogens is 360 g/mol. The van der Waals surface area contributed by atoms with Gasteiger partial charge >= 0.3 is 5.97 Å². The Labute approximate surface area is 155 Å². The first-order valence-electron chi connectivity index (χ1n) is 7.61. The SMILES string of the molecule is C[C@@](C#N)(CCC(=O)ON1C(=O)CCC1=O)SC(=S)c1ccccc1. The van der Waals surface area contributed by atoms with Crippen LogP contribution in [0.5, 0.6) is 0 Å². The van der Waals surface area contributed by atoms with Crippen molar-refractivity contribution in [1.29, 1.82) is 5.26 Å². The van der Waals surface area contributed by atoms with E-state index in [1.807, 2.05) is 30.3 Å². The summed E-state index contributed by atoms with van der Waals surface area (Å²) in [6, 6.07) is 11.5. The van der Waals surface area contributed by atoms with Gasteiger partial charge in [-0.2, -0.15) is 5.26 Å². The minimum absolute atomic E-state index is 0.0449. The zero-order valence-electron chi connectivity index (χ0n) is 13.6. The Morgan fingerprint density at radius 3 is 2.48 bits per heavy atom. The number of hydrogen-bond donors (Lipinski definition) is 0. The van der Waals surface area contributed by atoms with Gasteiger partial charge in [0.2, 0.25) is 0 Å². The van der Waals surface area contributed by atoms with Gasteiger partial charge < -0.3 is 4.84 Å². The van der Waals surface area contributed by atoms with Crippen LogP contribution in [0.1, 0.15) is 38.2 Å². The summed E-state index contributed by atoms with van der Waals surface area (Å²) in [6.07, 6.45) is 0.161.